The number of nitrogens with zero attached hydrogens (tertiary/aromatic N) is 3. The Balaban J connectivity index is 2.27. The number of aryl methyl sites for hydroxylation is 1. The van der Waals surface area contributed by atoms with Gasteiger partial charge in [-0.05, 0) is 33.5 Å². The van der Waals surface area contributed by atoms with E-state index in [9.17, 15) is 4.39 Å². The number of rotatable bonds is 7. The summed E-state index contributed by atoms with van der Waals surface area (Å²) in [6.07, 6.45) is 2.11. The minimum absolute atomic E-state index is 0.234. The Morgan fingerprint density at radius 3 is 2.71 bits per heavy atom. The average Bonchev–Trinajstić information content (AvgIpc) is 2.79. The number of ether oxygens (including phenoxy) is 1. The molecule has 4 nitrogen and oxygen atoms in total. The zero-order valence-corrected chi connectivity index (χ0v) is 13.5. The van der Waals surface area contributed by atoms with Gasteiger partial charge in [0, 0.05) is 18.7 Å². The lowest BCUT2D eigenvalue weighted by Gasteiger charge is -2.11. The number of imidazole rings is 1. The van der Waals surface area contributed by atoms with Crippen LogP contribution in [-0.2, 0) is 12.4 Å². The number of fused-ring (bicyclic) bond motifs is 1. The summed E-state index contributed by atoms with van der Waals surface area (Å²) in [5.41, 5.74) is 1.49. The topological polar surface area (TPSA) is 30.3 Å². The first-order chi connectivity index (χ1) is 10.1. The maximum absolute atomic E-state index is 13.7. The van der Waals surface area contributed by atoms with Crippen LogP contribution >= 0.6 is 11.6 Å². The Labute approximate surface area is 129 Å². The van der Waals surface area contributed by atoms with Crippen LogP contribution in [0.3, 0.4) is 0 Å². The molecule has 0 spiro atoms. The van der Waals surface area contributed by atoms with Crippen LogP contribution in [0.1, 0.15) is 18.7 Å². The quantitative estimate of drug-likeness (QED) is 0.580. The molecule has 0 atom stereocenters. The van der Waals surface area contributed by atoms with Gasteiger partial charge in [0.15, 0.2) is 11.6 Å². The molecule has 0 unspecified atom stereocenters. The van der Waals surface area contributed by atoms with Gasteiger partial charge in [-0.2, -0.15) is 0 Å². The second-order valence-electron chi connectivity index (χ2n) is 5.30. The molecule has 0 bridgehead atoms. The lowest BCUT2D eigenvalue weighted by molar-refractivity contribution is 0.385. The molecule has 0 fully saturated rings. The fraction of sp³-hybridized carbons (Fsp3) is 0.533. The van der Waals surface area contributed by atoms with Crippen LogP contribution in [0, 0.1) is 5.82 Å². The maximum atomic E-state index is 13.7. The van der Waals surface area contributed by atoms with Crippen molar-refractivity contribution in [1.29, 1.82) is 0 Å². The highest BCUT2D eigenvalue weighted by Gasteiger charge is 2.14. The van der Waals surface area contributed by atoms with Crippen LogP contribution in [0.2, 0.25) is 0 Å². The monoisotopic (exact) mass is 313 g/mol. The molecule has 0 aliphatic rings. The zero-order chi connectivity index (χ0) is 15.4. The molecule has 0 saturated heterocycles. The molecule has 1 heterocycles. The molecule has 116 valence electrons. The number of benzene rings is 1. The summed E-state index contributed by atoms with van der Waals surface area (Å²) in [6, 6.07) is 3.10. The van der Waals surface area contributed by atoms with Gasteiger partial charge >= 0.3 is 0 Å². The predicted octanol–water partition coefficient (Wildman–Crippen LogP) is 3.26. The predicted molar refractivity (Wildman–Crippen MR) is 83.6 cm³/mol. The van der Waals surface area contributed by atoms with Gasteiger partial charge in [-0.15, -0.1) is 11.6 Å². The van der Waals surface area contributed by atoms with Crippen molar-refractivity contribution in [2.24, 2.45) is 0 Å². The van der Waals surface area contributed by atoms with E-state index in [0.29, 0.717) is 11.4 Å². The van der Waals surface area contributed by atoms with Crippen LogP contribution in [0.15, 0.2) is 12.1 Å². The Morgan fingerprint density at radius 2 is 2.10 bits per heavy atom. The first-order valence-corrected chi connectivity index (χ1v) is 7.53. The van der Waals surface area contributed by atoms with E-state index in [2.05, 4.69) is 28.5 Å². The third-order valence-corrected chi connectivity index (χ3v) is 3.70. The molecule has 1 aromatic heterocycles. The highest BCUT2D eigenvalue weighted by molar-refractivity contribution is 6.16. The van der Waals surface area contributed by atoms with E-state index in [-0.39, 0.29) is 5.75 Å². The van der Waals surface area contributed by atoms with Crippen LogP contribution in [0.4, 0.5) is 4.39 Å². The third-order valence-electron chi connectivity index (χ3n) is 3.46. The normalized spacial score (nSPS) is 11.5. The molecule has 0 amide bonds. The van der Waals surface area contributed by atoms with Crippen molar-refractivity contribution in [3.8, 4) is 5.75 Å². The lowest BCUT2D eigenvalue weighted by atomic mass is 10.2. The van der Waals surface area contributed by atoms with Crippen molar-refractivity contribution in [1.82, 2.24) is 14.5 Å². The van der Waals surface area contributed by atoms with E-state index < -0.39 is 5.82 Å². The van der Waals surface area contributed by atoms with E-state index in [0.717, 1.165) is 37.3 Å². The van der Waals surface area contributed by atoms with E-state index in [1.807, 2.05) is 0 Å². The fourth-order valence-corrected chi connectivity index (χ4v) is 2.59. The molecule has 0 saturated carbocycles. The molecular weight excluding hydrogens is 293 g/mol. The molecule has 0 aliphatic heterocycles. The Bertz CT molecular complexity index is 612. The van der Waals surface area contributed by atoms with Gasteiger partial charge in [-0.25, -0.2) is 9.37 Å². The lowest BCUT2D eigenvalue weighted by Crippen LogP contribution is -2.13. The van der Waals surface area contributed by atoms with Gasteiger partial charge in [0.05, 0.1) is 24.0 Å². The van der Waals surface area contributed by atoms with Gasteiger partial charge < -0.3 is 14.2 Å². The van der Waals surface area contributed by atoms with Crippen molar-refractivity contribution in [2.45, 2.75) is 25.3 Å². The fourth-order valence-electron chi connectivity index (χ4n) is 2.38. The number of alkyl halides is 1. The summed E-state index contributed by atoms with van der Waals surface area (Å²) in [7, 11) is 5.58. The number of hydrogen-bond acceptors (Lipinski definition) is 3. The summed E-state index contributed by atoms with van der Waals surface area (Å²) in [5.74, 6) is 0.914. The summed E-state index contributed by atoms with van der Waals surface area (Å²) >= 11 is 5.96. The maximum Gasteiger partial charge on any atom is 0.167 e. The summed E-state index contributed by atoms with van der Waals surface area (Å²) in [4.78, 5) is 6.57. The van der Waals surface area contributed by atoms with Crippen LogP contribution < -0.4 is 4.74 Å². The molecule has 0 radical (unpaired) electrons. The standard InChI is InChI=1S/C15H21ClFN3O/c1-19(2)6-4-5-7-20-13-9-14(21-3)11(17)8-12(13)18-15(20)10-16/h8-9H,4-7,10H2,1-3H3. The van der Waals surface area contributed by atoms with Gasteiger partial charge in [0.2, 0.25) is 0 Å². The van der Waals surface area contributed by atoms with E-state index in [1.54, 1.807) is 6.07 Å². The van der Waals surface area contributed by atoms with Crippen molar-refractivity contribution in [3.63, 3.8) is 0 Å². The molecule has 1 aromatic carbocycles. The minimum atomic E-state index is -0.400. The highest BCUT2D eigenvalue weighted by Crippen LogP contribution is 2.26. The second kappa shape index (κ2) is 7.09. The third kappa shape index (κ3) is 3.66. The molecule has 2 aromatic rings. The highest BCUT2D eigenvalue weighted by atomic mass is 35.5. The SMILES string of the molecule is COc1cc2c(cc1F)nc(CCl)n2CCCCN(C)C. The summed E-state index contributed by atoms with van der Waals surface area (Å²) in [5, 5.41) is 0. The van der Waals surface area contributed by atoms with Gasteiger partial charge in [-0.1, -0.05) is 0 Å². The van der Waals surface area contributed by atoms with Crippen molar-refractivity contribution < 1.29 is 9.13 Å². The number of aromatic nitrogens is 2. The molecule has 21 heavy (non-hydrogen) atoms. The van der Waals surface area contributed by atoms with Gasteiger partial charge in [-0.3, -0.25) is 0 Å². The minimum Gasteiger partial charge on any atom is -0.494 e. The van der Waals surface area contributed by atoms with E-state index in [4.69, 9.17) is 16.3 Å². The largest absolute Gasteiger partial charge is 0.494 e. The summed E-state index contributed by atoms with van der Waals surface area (Å²) in [6.45, 7) is 1.86. The molecule has 0 N–H and O–H groups in total. The molecule has 2 rings (SSSR count). The second-order valence-corrected chi connectivity index (χ2v) is 5.57. The van der Waals surface area contributed by atoms with Crippen molar-refractivity contribution in [3.05, 3.63) is 23.8 Å². The molecule has 0 aliphatic carbocycles. The number of halogens is 2. The summed E-state index contributed by atoms with van der Waals surface area (Å²) < 4.78 is 20.9. The van der Waals surface area contributed by atoms with Gasteiger partial charge in [0.1, 0.15) is 5.82 Å². The van der Waals surface area contributed by atoms with Crippen molar-refractivity contribution >= 4 is 22.6 Å². The Kier molecular flexibility index (Phi) is 5.42. The van der Waals surface area contributed by atoms with Gasteiger partial charge in [0.25, 0.3) is 0 Å². The number of methoxy groups -OCH3 is 1. The average molecular weight is 314 g/mol. The van der Waals surface area contributed by atoms with E-state index in [1.165, 1.54) is 13.2 Å². The number of unbranched alkanes of at least 4 members (excludes halogenated alkanes) is 1. The molecule has 6 heteroatoms. The smallest absolute Gasteiger partial charge is 0.167 e. The van der Waals surface area contributed by atoms with Crippen LogP contribution in [-0.4, -0.2) is 42.2 Å². The number of hydrogen-bond donors (Lipinski definition) is 0. The first kappa shape index (κ1) is 16.0. The van der Waals surface area contributed by atoms with E-state index >= 15 is 0 Å². The molecular formula is C15H21ClFN3O. The first-order valence-electron chi connectivity index (χ1n) is 7.00. The Hall–Kier alpha value is -1.33. The van der Waals surface area contributed by atoms with Crippen molar-refractivity contribution in [2.75, 3.05) is 27.7 Å². The zero-order valence-electron chi connectivity index (χ0n) is 12.7. The Morgan fingerprint density at radius 1 is 1.33 bits per heavy atom. The van der Waals surface area contributed by atoms with Crippen LogP contribution in [0.5, 0.6) is 5.75 Å². The van der Waals surface area contributed by atoms with Crippen LogP contribution in [0.25, 0.3) is 11.0 Å².